The second kappa shape index (κ2) is 6.50. The largest absolute Gasteiger partial charge is 0.497 e. The third kappa shape index (κ3) is 5.68. The first kappa shape index (κ1) is 15.4. The summed E-state index contributed by atoms with van der Waals surface area (Å²) in [5.41, 5.74) is 0.644. The van der Waals surface area contributed by atoms with Crippen molar-refractivity contribution >= 4 is 18.6 Å². The van der Waals surface area contributed by atoms with Crippen molar-refractivity contribution in [3.8, 4) is 11.5 Å². The predicted octanol–water partition coefficient (Wildman–Crippen LogP) is 2.22. The molecular formula is C14H20BO4. The molecule has 0 N–H and O–H groups in total. The van der Waals surface area contributed by atoms with Crippen LogP contribution >= 0.6 is 0 Å². The van der Waals surface area contributed by atoms with E-state index in [0.29, 0.717) is 23.6 Å². The molecule has 0 amide bonds. The van der Waals surface area contributed by atoms with Crippen molar-refractivity contribution in [1.29, 1.82) is 0 Å². The van der Waals surface area contributed by atoms with Crippen molar-refractivity contribution in [2.24, 2.45) is 5.41 Å². The predicted molar refractivity (Wildman–Crippen MR) is 75.7 cm³/mol. The van der Waals surface area contributed by atoms with Crippen LogP contribution in [0.15, 0.2) is 18.2 Å². The summed E-state index contributed by atoms with van der Waals surface area (Å²) in [7, 11) is 4.56. The molecule has 1 rings (SSSR count). The van der Waals surface area contributed by atoms with Gasteiger partial charge in [0, 0.05) is 6.07 Å². The number of carbonyl (C=O) groups excluding carboxylic acids is 1. The maximum absolute atomic E-state index is 11.7. The van der Waals surface area contributed by atoms with E-state index in [1.54, 1.807) is 32.4 Å². The Morgan fingerprint density at radius 3 is 2.05 bits per heavy atom. The zero-order valence-electron chi connectivity index (χ0n) is 12.1. The molecule has 0 spiro atoms. The average molecular weight is 263 g/mol. The van der Waals surface area contributed by atoms with Crippen LogP contribution in [-0.4, -0.2) is 34.0 Å². The van der Waals surface area contributed by atoms with Gasteiger partial charge in [0.25, 0.3) is 13.1 Å². The van der Waals surface area contributed by atoms with Crippen LogP contribution in [0, 0.1) is 5.41 Å². The Balaban J connectivity index is 2.68. The maximum atomic E-state index is 11.7. The molecular weight excluding hydrogens is 243 g/mol. The summed E-state index contributed by atoms with van der Waals surface area (Å²) in [6.45, 7) is 6.40. The van der Waals surface area contributed by atoms with Crippen molar-refractivity contribution < 1.29 is 19.0 Å². The Morgan fingerprint density at radius 2 is 1.63 bits per heavy atom. The van der Waals surface area contributed by atoms with E-state index in [4.69, 9.17) is 14.2 Å². The normalized spacial score (nSPS) is 10.8. The van der Waals surface area contributed by atoms with Crippen molar-refractivity contribution in [2.45, 2.75) is 20.8 Å². The number of benzene rings is 1. The summed E-state index contributed by atoms with van der Waals surface area (Å²) >= 11 is 0. The van der Waals surface area contributed by atoms with E-state index in [2.05, 4.69) is 0 Å². The van der Waals surface area contributed by atoms with E-state index in [-0.39, 0.29) is 11.3 Å². The lowest BCUT2D eigenvalue weighted by atomic mass is 9.70. The Hall–Kier alpha value is -1.65. The summed E-state index contributed by atoms with van der Waals surface area (Å²) in [5, 5.41) is 0. The highest BCUT2D eigenvalue weighted by molar-refractivity contribution is 6.82. The molecule has 0 heterocycles. The van der Waals surface area contributed by atoms with Gasteiger partial charge in [-0.1, -0.05) is 26.2 Å². The van der Waals surface area contributed by atoms with E-state index in [0.717, 1.165) is 0 Å². The molecule has 1 aromatic rings. The van der Waals surface area contributed by atoms with Gasteiger partial charge in [-0.15, -0.1) is 0 Å². The number of hydrogen-bond donors (Lipinski definition) is 0. The van der Waals surface area contributed by atoms with Crippen molar-refractivity contribution in [3.63, 3.8) is 0 Å². The summed E-state index contributed by atoms with van der Waals surface area (Å²) in [5.74, 6) is 0.897. The number of carbonyl (C=O) groups is 1. The fourth-order valence-corrected chi connectivity index (χ4v) is 1.38. The molecule has 19 heavy (non-hydrogen) atoms. The molecule has 0 saturated carbocycles. The highest BCUT2D eigenvalue weighted by Crippen LogP contribution is 2.17. The minimum Gasteiger partial charge on any atom is -0.497 e. The average Bonchev–Trinajstić information content (AvgIpc) is 2.35. The van der Waals surface area contributed by atoms with Gasteiger partial charge < -0.3 is 14.2 Å². The van der Waals surface area contributed by atoms with Crippen LogP contribution in [0.1, 0.15) is 20.8 Å². The highest BCUT2D eigenvalue weighted by Gasteiger charge is 2.15. The fraction of sp³-hybridized carbons (Fsp3) is 0.500. The molecule has 0 aliphatic heterocycles. The van der Waals surface area contributed by atoms with Crippen LogP contribution in [0.25, 0.3) is 0 Å². The summed E-state index contributed by atoms with van der Waals surface area (Å²) < 4.78 is 15.5. The van der Waals surface area contributed by atoms with Crippen LogP contribution in [0.3, 0.4) is 0 Å². The van der Waals surface area contributed by atoms with Gasteiger partial charge in [-0.05, 0) is 17.5 Å². The number of hydrogen-bond acceptors (Lipinski definition) is 4. The molecule has 1 aromatic carbocycles. The van der Waals surface area contributed by atoms with Crippen LogP contribution in [0.4, 0.5) is 4.79 Å². The first-order chi connectivity index (χ1) is 8.84. The summed E-state index contributed by atoms with van der Waals surface area (Å²) in [4.78, 5) is 11.7. The lowest BCUT2D eigenvalue weighted by Crippen LogP contribution is -2.27. The summed E-state index contributed by atoms with van der Waals surface area (Å²) in [6, 6.07) is 5.25. The zero-order chi connectivity index (χ0) is 14.5. The van der Waals surface area contributed by atoms with Crippen LogP contribution in [-0.2, 0) is 4.74 Å². The number of ether oxygens (including phenoxy) is 3. The molecule has 0 aliphatic rings. The monoisotopic (exact) mass is 263 g/mol. The molecule has 5 heteroatoms. The van der Waals surface area contributed by atoms with E-state index in [9.17, 15) is 4.79 Å². The molecule has 103 valence electrons. The Labute approximate surface area is 115 Å². The highest BCUT2D eigenvalue weighted by atomic mass is 16.5. The van der Waals surface area contributed by atoms with E-state index >= 15 is 0 Å². The quantitative estimate of drug-likeness (QED) is 0.764. The van der Waals surface area contributed by atoms with E-state index in [1.165, 1.54) is 7.28 Å². The zero-order valence-corrected chi connectivity index (χ0v) is 12.1. The maximum Gasteiger partial charge on any atom is 0.299 e. The van der Waals surface area contributed by atoms with Crippen LogP contribution in [0.5, 0.6) is 11.5 Å². The van der Waals surface area contributed by atoms with Crippen LogP contribution < -0.4 is 14.9 Å². The van der Waals surface area contributed by atoms with Gasteiger partial charge in [0.2, 0.25) is 0 Å². The Morgan fingerprint density at radius 1 is 1.11 bits per heavy atom. The minimum absolute atomic E-state index is 0.0461. The molecule has 1 radical (unpaired) electrons. The van der Waals surface area contributed by atoms with Gasteiger partial charge in [-0.3, -0.25) is 4.79 Å². The van der Waals surface area contributed by atoms with Gasteiger partial charge in [0.05, 0.1) is 20.8 Å². The third-order valence-electron chi connectivity index (χ3n) is 2.31. The molecule has 0 unspecified atom stereocenters. The smallest absolute Gasteiger partial charge is 0.299 e. The third-order valence-corrected chi connectivity index (χ3v) is 2.31. The minimum atomic E-state index is -0.370. The van der Waals surface area contributed by atoms with Gasteiger partial charge >= 0.3 is 0 Å². The molecule has 0 bridgehead atoms. The second-order valence-electron chi connectivity index (χ2n) is 5.46. The molecule has 0 fully saturated rings. The fourth-order valence-electron chi connectivity index (χ4n) is 1.38. The molecule has 0 aromatic heterocycles. The number of rotatable bonds is 5. The van der Waals surface area contributed by atoms with Gasteiger partial charge in [0.15, 0.2) is 0 Å². The van der Waals surface area contributed by atoms with Gasteiger partial charge in [-0.2, -0.15) is 0 Å². The van der Waals surface area contributed by atoms with Crippen LogP contribution in [0.2, 0.25) is 0 Å². The summed E-state index contributed by atoms with van der Waals surface area (Å²) in [6.07, 6.45) is 0. The first-order valence-electron chi connectivity index (χ1n) is 6.08. The van der Waals surface area contributed by atoms with Crippen molar-refractivity contribution in [2.75, 3.05) is 20.8 Å². The number of methoxy groups -OCH3 is 2. The lowest BCUT2D eigenvalue weighted by Gasteiger charge is -2.17. The van der Waals surface area contributed by atoms with E-state index in [1.807, 2.05) is 20.8 Å². The Bertz CT molecular complexity index is 415. The first-order valence-corrected chi connectivity index (χ1v) is 6.08. The SMILES string of the molecule is COc1cc([B]C(=O)OCC(C)(C)C)cc(OC)c1. The van der Waals surface area contributed by atoms with Gasteiger partial charge in [0.1, 0.15) is 11.5 Å². The second-order valence-corrected chi connectivity index (χ2v) is 5.46. The van der Waals surface area contributed by atoms with E-state index < -0.39 is 0 Å². The molecule has 0 saturated heterocycles. The molecule has 4 nitrogen and oxygen atoms in total. The molecule has 0 aliphatic carbocycles. The van der Waals surface area contributed by atoms with Crippen molar-refractivity contribution in [1.82, 2.24) is 0 Å². The Kier molecular flexibility index (Phi) is 5.27. The standard InChI is InChI=1S/C14H20BO4/c1-14(2,3)9-19-13(16)15-10-6-11(17-4)8-12(7-10)18-5/h6-8H,9H2,1-5H3. The lowest BCUT2D eigenvalue weighted by molar-refractivity contribution is 0.127. The molecule has 0 atom stereocenters. The topological polar surface area (TPSA) is 44.8 Å². The van der Waals surface area contributed by atoms with Gasteiger partial charge in [-0.25, -0.2) is 0 Å². The van der Waals surface area contributed by atoms with Crippen molar-refractivity contribution in [3.05, 3.63) is 18.2 Å².